The van der Waals surface area contributed by atoms with E-state index in [1.807, 2.05) is 18.2 Å². The summed E-state index contributed by atoms with van der Waals surface area (Å²) < 4.78 is 0. The van der Waals surface area contributed by atoms with Gasteiger partial charge in [-0.3, -0.25) is 10.2 Å². The number of hydrogen-bond donors (Lipinski definition) is 3. The Morgan fingerprint density at radius 2 is 2.12 bits per heavy atom. The van der Waals surface area contributed by atoms with Crippen molar-refractivity contribution in [2.45, 2.75) is 6.04 Å². The Morgan fingerprint density at radius 1 is 1.41 bits per heavy atom. The second-order valence-corrected chi connectivity index (χ2v) is 4.04. The van der Waals surface area contributed by atoms with Crippen LogP contribution >= 0.6 is 0 Å². The highest BCUT2D eigenvalue weighted by atomic mass is 16.2. The lowest BCUT2D eigenvalue weighted by atomic mass is 10.1. The summed E-state index contributed by atoms with van der Waals surface area (Å²) in [6.45, 7) is 1.87. The van der Waals surface area contributed by atoms with E-state index in [4.69, 9.17) is 11.1 Å². The monoisotopic (exact) mass is 232 g/mol. The molecule has 0 saturated carbocycles. The molecule has 1 heterocycles. The molecule has 0 spiro atoms. The van der Waals surface area contributed by atoms with Gasteiger partial charge >= 0.3 is 0 Å². The second kappa shape index (κ2) is 4.97. The van der Waals surface area contributed by atoms with Crippen molar-refractivity contribution in [1.82, 2.24) is 10.2 Å². The molecule has 0 radical (unpaired) electrons. The highest BCUT2D eigenvalue weighted by Gasteiger charge is 2.29. The molecule has 1 aliphatic rings. The third-order valence-electron chi connectivity index (χ3n) is 2.88. The quantitative estimate of drug-likeness (QED) is 0.497. The summed E-state index contributed by atoms with van der Waals surface area (Å²) in [6, 6.07) is 8.76. The Bertz CT molecular complexity index is 418. The maximum Gasteiger partial charge on any atom is 0.254 e. The number of piperazine rings is 1. The van der Waals surface area contributed by atoms with Crippen LogP contribution in [0.15, 0.2) is 30.3 Å². The molecule has 1 aromatic carbocycles. The van der Waals surface area contributed by atoms with Crippen molar-refractivity contribution >= 4 is 11.7 Å². The van der Waals surface area contributed by atoms with E-state index in [0.29, 0.717) is 18.7 Å². The SMILES string of the molecule is N=C(N)C1CNCCN1C(=O)c1ccccc1. The third kappa shape index (κ3) is 2.45. The fraction of sp³-hybridized carbons (Fsp3) is 0.333. The first-order chi connectivity index (χ1) is 8.20. The van der Waals surface area contributed by atoms with Crippen LogP contribution < -0.4 is 11.1 Å². The van der Waals surface area contributed by atoms with Crippen LogP contribution in [-0.2, 0) is 0 Å². The van der Waals surface area contributed by atoms with E-state index in [2.05, 4.69) is 5.32 Å². The Kier molecular flexibility index (Phi) is 3.39. The summed E-state index contributed by atoms with van der Waals surface area (Å²) in [5.74, 6) is -0.0335. The van der Waals surface area contributed by atoms with E-state index in [0.717, 1.165) is 6.54 Å². The van der Waals surface area contributed by atoms with E-state index >= 15 is 0 Å². The predicted octanol–water partition coefficient (Wildman–Crippen LogP) is 0.0366. The molecule has 5 heteroatoms. The van der Waals surface area contributed by atoms with Crippen LogP contribution in [-0.4, -0.2) is 42.3 Å². The molecule has 0 aliphatic carbocycles. The number of benzene rings is 1. The first-order valence-electron chi connectivity index (χ1n) is 5.61. The molecular weight excluding hydrogens is 216 g/mol. The van der Waals surface area contributed by atoms with Gasteiger partial charge in [-0.05, 0) is 12.1 Å². The molecule has 17 heavy (non-hydrogen) atoms. The molecule has 0 aromatic heterocycles. The lowest BCUT2D eigenvalue weighted by Gasteiger charge is -2.35. The van der Waals surface area contributed by atoms with E-state index in [1.54, 1.807) is 17.0 Å². The largest absolute Gasteiger partial charge is 0.386 e. The number of hydrogen-bond acceptors (Lipinski definition) is 3. The molecule has 1 aliphatic heterocycles. The predicted molar refractivity (Wildman–Crippen MR) is 66.1 cm³/mol. The Labute approximate surface area is 100 Å². The molecule has 1 saturated heterocycles. The molecule has 1 aromatic rings. The van der Waals surface area contributed by atoms with Crippen LogP contribution in [0.5, 0.6) is 0 Å². The van der Waals surface area contributed by atoms with Crippen LogP contribution in [0, 0.1) is 5.41 Å². The van der Waals surface area contributed by atoms with Crippen LogP contribution in [0.25, 0.3) is 0 Å². The van der Waals surface area contributed by atoms with Crippen LogP contribution in [0.1, 0.15) is 10.4 Å². The minimum atomic E-state index is -0.337. The number of carbonyl (C=O) groups is 1. The van der Waals surface area contributed by atoms with E-state index in [1.165, 1.54) is 0 Å². The van der Waals surface area contributed by atoms with Gasteiger partial charge in [0.05, 0.1) is 0 Å². The minimum absolute atomic E-state index is 0.0291. The fourth-order valence-corrected chi connectivity index (χ4v) is 1.97. The maximum absolute atomic E-state index is 12.3. The summed E-state index contributed by atoms with van der Waals surface area (Å²) in [5, 5.41) is 10.7. The van der Waals surface area contributed by atoms with Gasteiger partial charge in [0.2, 0.25) is 0 Å². The van der Waals surface area contributed by atoms with Crippen molar-refractivity contribution in [2.75, 3.05) is 19.6 Å². The van der Waals surface area contributed by atoms with Crippen molar-refractivity contribution < 1.29 is 4.79 Å². The van der Waals surface area contributed by atoms with Gasteiger partial charge in [0.15, 0.2) is 0 Å². The van der Waals surface area contributed by atoms with E-state index in [-0.39, 0.29) is 17.8 Å². The Hall–Kier alpha value is -1.88. The summed E-state index contributed by atoms with van der Waals surface area (Å²) in [4.78, 5) is 13.9. The summed E-state index contributed by atoms with van der Waals surface area (Å²) in [7, 11) is 0. The zero-order chi connectivity index (χ0) is 12.3. The van der Waals surface area contributed by atoms with Crippen molar-refractivity contribution in [3.05, 3.63) is 35.9 Å². The molecule has 2 rings (SSSR count). The Balaban J connectivity index is 2.20. The van der Waals surface area contributed by atoms with Crippen LogP contribution in [0.2, 0.25) is 0 Å². The minimum Gasteiger partial charge on any atom is -0.386 e. The lowest BCUT2D eigenvalue weighted by molar-refractivity contribution is 0.0694. The van der Waals surface area contributed by atoms with Gasteiger partial charge in [-0.25, -0.2) is 0 Å². The number of rotatable bonds is 2. The van der Waals surface area contributed by atoms with Crippen molar-refractivity contribution in [2.24, 2.45) is 5.73 Å². The Morgan fingerprint density at radius 3 is 2.76 bits per heavy atom. The first kappa shape index (κ1) is 11.6. The smallest absolute Gasteiger partial charge is 0.254 e. The summed E-state index contributed by atoms with van der Waals surface area (Å²) in [6.07, 6.45) is 0. The maximum atomic E-state index is 12.3. The molecular formula is C12H16N4O. The zero-order valence-corrected chi connectivity index (χ0v) is 9.52. The fourth-order valence-electron chi connectivity index (χ4n) is 1.97. The van der Waals surface area contributed by atoms with Crippen molar-refractivity contribution in [1.29, 1.82) is 5.41 Å². The van der Waals surface area contributed by atoms with Crippen molar-refractivity contribution in [3.63, 3.8) is 0 Å². The lowest BCUT2D eigenvalue weighted by Crippen LogP contribution is -2.58. The zero-order valence-electron chi connectivity index (χ0n) is 9.52. The molecule has 5 nitrogen and oxygen atoms in total. The van der Waals surface area contributed by atoms with Gasteiger partial charge in [-0.15, -0.1) is 0 Å². The van der Waals surface area contributed by atoms with Gasteiger partial charge in [0.25, 0.3) is 5.91 Å². The summed E-state index contributed by atoms with van der Waals surface area (Å²) >= 11 is 0. The molecule has 1 fully saturated rings. The summed E-state index contributed by atoms with van der Waals surface area (Å²) in [5.41, 5.74) is 6.16. The molecule has 0 bridgehead atoms. The number of nitrogens with zero attached hydrogens (tertiary/aromatic N) is 1. The van der Waals surface area contributed by atoms with Gasteiger partial charge in [0, 0.05) is 25.2 Å². The first-order valence-corrected chi connectivity index (χ1v) is 5.61. The third-order valence-corrected chi connectivity index (χ3v) is 2.88. The van der Waals surface area contributed by atoms with Gasteiger partial charge in [0.1, 0.15) is 11.9 Å². The van der Waals surface area contributed by atoms with E-state index in [9.17, 15) is 4.79 Å². The highest BCUT2D eigenvalue weighted by molar-refractivity contribution is 5.98. The van der Waals surface area contributed by atoms with E-state index < -0.39 is 0 Å². The van der Waals surface area contributed by atoms with Gasteiger partial charge in [-0.1, -0.05) is 18.2 Å². The average Bonchev–Trinajstić information content (AvgIpc) is 2.39. The topological polar surface area (TPSA) is 82.2 Å². The number of amides is 1. The normalized spacial score (nSPS) is 20.0. The van der Waals surface area contributed by atoms with Crippen LogP contribution in [0.3, 0.4) is 0 Å². The number of nitrogens with two attached hydrogens (primary N) is 1. The van der Waals surface area contributed by atoms with Gasteiger partial charge < -0.3 is 16.0 Å². The number of amidine groups is 1. The standard InChI is InChI=1S/C12H16N4O/c13-11(14)10-8-15-6-7-16(10)12(17)9-4-2-1-3-5-9/h1-5,10,15H,6-8H2,(H3,13,14). The highest BCUT2D eigenvalue weighted by Crippen LogP contribution is 2.10. The number of nitrogens with one attached hydrogen (secondary N) is 2. The molecule has 90 valence electrons. The molecule has 1 amide bonds. The molecule has 1 unspecified atom stereocenters. The average molecular weight is 232 g/mol. The second-order valence-electron chi connectivity index (χ2n) is 4.04. The van der Waals surface area contributed by atoms with Gasteiger partial charge in [-0.2, -0.15) is 0 Å². The van der Waals surface area contributed by atoms with Crippen molar-refractivity contribution in [3.8, 4) is 0 Å². The number of carbonyl (C=O) groups excluding carboxylic acids is 1. The molecule has 4 N–H and O–H groups in total. The van der Waals surface area contributed by atoms with Crippen LogP contribution in [0.4, 0.5) is 0 Å². The molecule has 1 atom stereocenters.